The molecule has 1 aromatic carbocycles. The maximum atomic E-state index is 13.0. The summed E-state index contributed by atoms with van der Waals surface area (Å²) in [5, 5.41) is 8.37. The van der Waals surface area contributed by atoms with E-state index in [1.807, 2.05) is 27.8 Å². The van der Waals surface area contributed by atoms with Gasteiger partial charge >= 0.3 is 0 Å². The van der Waals surface area contributed by atoms with Crippen LogP contribution in [0.15, 0.2) is 18.2 Å². The van der Waals surface area contributed by atoms with Crippen LogP contribution in [0.25, 0.3) is 11.0 Å². The van der Waals surface area contributed by atoms with Crippen LogP contribution in [-0.2, 0) is 23.1 Å². The Kier molecular flexibility index (Phi) is 6.72. The van der Waals surface area contributed by atoms with Gasteiger partial charge in [0.05, 0.1) is 12.2 Å². The molecule has 2 aromatic heterocycles. The molecule has 0 saturated heterocycles. The van der Waals surface area contributed by atoms with E-state index >= 15 is 0 Å². The number of pyridine rings is 1. The van der Waals surface area contributed by atoms with Crippen molar-refractivity contribution in [1.29, 1.82) is 0 Å². The number of fused-ring (bicyclic) bond motifs is 2. The van der Waals surface area contributed by atoms with Crippen LogP contribution >= 0.6 is 0 Å². The van der Waals surface area contributed by atoms with Gasteiger partial charge in [-0.15, -0.1) is 0 Å². The maximum Gasteiger partial charge on any atom is 0.243 e. The smallest absolute Gasteiger partial charge is 0.243 e. The predicted octanol–water partition coefficient (Wildman–Crippen LogP) is 3.08. The lowest BCUT2D eigenvalue weighted by molar-refractivity contribution is -0.134. The number of nitrogens with zero attached hydrogens (tertiary/aromatic N) is 4. The topological polar surface area (TPSA) is 98.6 Å². The van der Waals surface area contributed by atoms with E-state index < -0.39 is 0 Å². The molecular weight excluding hydrogens is 434 g/mol. The highest BCUT2D eigenvalue weighted by molar-refractivity contribution is 5.95. The van der Waals surface area contributed by atoms with Crippen molar-refractivity contribution in [3.63, 3.8) is 0 Å². The number of aryl methyl sites for hydroxylation is 4. The van der Waals surface area contributed by atoms with E-state index in [1.165, 1.54) is 0 Å². The Morgan fingerprint density at radius 1 is 1.12 bits per heavy atom. The molecule has 0 aliphatic carbocycles. The molecule has 1 N–H and O–H groups in total. The van der Waals surface area contributed by atoms with Gasteiger partial charge in [-0.05, 0) is 57.4 Å². The highest BCUT2D eigenvalue weighted by atomic mass is 16.6. The molecule has 2 amide bonds. The Morgan fingerprint density at radius 3 is 2.59 bits per heavy atom. The summed E-state index contributed by atoms with van der Waals surface area (Å²) in [6, 6.07) is 5.27. The van der Waals surface area contributed by atoms with Crippen molar-refractivity contribution in [3.8, 4) is 11.5 Å². The normalized spacial score (nSPS) is 12.6. The van der Waals surface area contributed by atoms with Gasteiger partial charge in [0.2, 0.25) is 11.8 Å². The number of hydrogen-bond donors (Lipinski definition) is 1. The lowest BCUT2D eigenvalue weighted by Gasteiger charge is -2.22. The molecule has 0 bridgehead atoms. The van der Waals surface area contributed by atoms with Crippen molar-refractivity contribution in [2.45, 2.75) is 40.5 Å². The van der Waals surface area contributed by atoms with Crippen LogP contribution in [0.1, 0.15) is 35.9 Å². The Balaban J connectivity index is 1.39. The molecule has 180 valence electrons. The van der Waals surface area contributed by atoms with E-state index in [1.54, 1.807) is 27.8 Å². The molecule has 4 rings (SSSR count). The molecule has 0 spiro atoms. The number of likely N-dealkylation sites (N-methyl/N-ethyl adjacent to an activating group) is 1. The summed E-state index contributed by atoms with van der Waals surface area (Å²) in [4.78, 5) is 31.9. The minimum atomic E-state index is -0.256. The van der Waals surface area contributed by atoms with E-state index in [9.17, 15) is 9.59 Å². The minimum absolute atomic E-state index is 0.0132. The number of ether oxygens (including phenoxy) is 2. The van der Waals surface area contributed by atoms with Gasteiger partial charge in [-0.25, -0.2) is 4.98 Å². The SMILES string of the molecule is CCN(CC(=O)Nc1ccc2c(c1)OCCO2)C(=O)CCc1c(C)nc2c(c(C)nn2C)c1C. The lowest BCUT2D eigenvalue weighted by atomic mass is 9.99. The number of aromatic nitrogens is 3. The molecule has 34 heavy (non-hydrogen) atoms. The quantitative estimate of drug-likeness (QED) is 0.576. The van der Waals surface area contributed by atoms with Crippen LogP contribution in [0.3, 0.4) is 0 Å². The fourth-order valence-corrected chi connectivity index (χ4v) is 4.49. The van der Waals surface area contributed by atoms with E-state index in [0.717, 1.165) is 33.5 Å². The predicted molar refractivity (Wildman–Crippen MR) is 129 cm³/mol. The number of amides is 2. The lowest BCUT2D eigenvalue weighted by Crippen LogP contribution is -2.38. The Hall–Kier alpha value is -3.62. The second-order valence-corrected chi connectivity index (χ2v) is 8.52. The van der Waals surface area contributed by atoms with E-state index in [0.29, 0.717) is 49.8 Å². The third-order valence-electron chi connectivity index (χ3n) is 6.21. The summed E-state index contributed by atoms with van der Waals surface area (Å²) in [5.74, 6) is 0.942. The molecule has 9 heteroatoms. The summed E-state index contributed by atoms with van der Waals surface area (Å²) >= 11 is 0. The zero-order valence-electron chi connectivity index (χ0n) is 20.4. The molecule has 0 atom stereocenters. The number of rotatable bonds is 7. The number of nitrogens with one attached hydrogen (secondary N) is 1. The largest absolute Gasteiger partial charge is 0.486 e. The van der Waals surface area contributed by atoms with Crippen molar-refractivity contribution in [2.75, 3.05) is 31.6 Å². The average Bonchev–Trinajstić information content (AvgIpc) is 3.09. The Morgan fingerprint density at radius 2 is 1.85 bits per heavy atom. The van der Waals surface area contributed by atoms with Crippen molar-refractivity contribution in [3.05, 3.63) is 40.7 Å². The first-order valence-corrected chi connectivity index (χ1v) is 11.5. The molecular formula is C25H31N5O4. The summed E-state index contributed by atoms with van der Waals surface area (Å²) in [7, 11) is 1.89. The number of benzene rings is 1. The first kappa shape index (κ1) is 23.5. The van der Waals surface area contributed by atoms with Crippen LogP contribution < -0.4 is 14.8 Å². The monoisotopic (exact) mass is 465 g/mol. The molecule has 0 fully saturated rings. The molecule has 3 heterocycles. The summed E-state index contributed by atoms with van der Waals surface area (Å²) in [6.07, 6.45) is 0.868. The second kappa shape index (κ2) is 9.70. The molecule has 3 aromatic rings. The third-order valence-corrected chi connectivity index (χ3v) is 6.21. The van der Waals surface area contributed by atoms with Crippen LogP contribution in [-0.4, -0.2) is 57.8 Å². The van der Waals surface area contributed by atoms with Gasteiger partial charge in [0.15, 0.2) is 17.1 Å². The molecule has 0 radical (unpaired) electrons. The zero-order valence-corrected chi connectivity index (χ0v) is 20.4. The van der Waals surface area contributed by atoms with Crippen LogP contribution in [0.4, 0.5) is 5.69 Å². The highest BCUT2D eigenvalue weighted by Crippen LogP contribution is 2.32. The van der Waals surface area contributed by atoms with E-state index in [4.69, 9.17) is 14.5 Å². The Bertz CT molecular complexity index is 1250. The fourth-order valence-electron chi connectivity index (χ4n) is 4.49. The van der Waals surface area contributed by atoms with Gasteiger partial charge in [0.1, 0.15) is 13.2 Å². The van der Waals surface area contributed by atoms with E-state index in [2.05, 4.69) is 17.3 Å². The fraction of sp³-hybridized carbons (Fsp3) is 0.440. The summed E-state index contributed by atoms with van der Waals surface area (Å²) in [5.41, 5.74) is 5.47. The van der Waals surface area contributed by atoms with Gasteiger partial charge in [-0.2, -0.15) is 5.10 Å². The molecule has 1 aliphatic heterocycles. The van der Waals surface area contributed by atoms with Gasteiger partial charge in [0.25, 0.3) is 0 Å². The molecule has 9 nitrogen and oxygen atoms in total. The number of anilines is 1. The molecule has 1 aliphatic rings. The average molecular weight is 466 g/mol. The Labute approximate surface area is 199 Å². The maximum absolute atomic E-state index is 13.0. The highest BCUT2D eigenvalue weighted by Gasteiger charge is 2.20. The number of carbonyl (C=O) groups is 2. The van der Waals surface area contributed by atoms with Gasteiger partial charge < -0.3 is 19.7 Å². The first-order chi connectivity index (χ1) is 16.3. The van der Waals surface area contributed by atoms with E-state index in [-0.39, 0.29) is 18.4 Å². The molecule has 0 saturated carbocycles. The zero-order chi connectivity index (χ0) is 24.4. The third kappa shape index (κ3) is 4.69. The van der Waals surface area contributed by atoms with Crippen molar-refractivity contribution < 1.29 is 19.1 Å². The first-order valence-electron chi connectivity index (χ1n) is 11.5. The molecule has 0 unspecified atom stereocenters. The number of hydrogen-bond acceptors (Lipinski definition) is 6. The van der Waals surface area contributed by atoms with Crippen molar-refractivity contribution in [1.82, 2.24) is 19.7 Å². The van der Waals surface area contributed by atoms with Crippen molar-refractivity contribution in [2.24, 2.45) is 7.05 Å². The van der Waals surface area contributed by atoms with Gasteiger partial charge in [-0.1, -0.05) is 0 Å². The van der Waals surface area contributed by atoms with Crippen LogP contribution in [0, 0.1) is 20.8 Å². The number of carbonyl (C=O) groups excluding carboxylic acids is 2. The van der Waals surface area contributed by atoms with Crippen LogP contribution in [0.5, 0.6) is 11.5 Å². The van der Waals surface area contributed by atoms with Crippen molar-refractivity contribution >= 4 is 28.5 Å². The minimum Gasteiger partial charge on any atom is -0.486 e. The second-order valence-electron chi connectivity index (χ2n) is 8.52. The van der Waals surface area contributed by atoms with Gasteiger partial charge in [-0.3, -0.25) is 14.3 Å². The standard InChI is InChI=1S/C25H31N5O4/c1-6-30(14-22(31)27-18-7-9-20-21(13-18)34-12-11-33-20)23(32)10-8-19-15(2)24-17(4)28-29(5)25(24)26-16(19)3/h7,9,13H,6,8,10-12,14H2,1-5H3,(H,27,31). The van der Waals surface area contributed by atoms with Gasteiger partial charge in [0, 0.05) is 42.8 Å². The summed E-state index contributed by atoms with van der Waals surface area (Å²) < 4.78 is 12.9. The summed E-state index contributed by atoms with van der Waals surface area (Å²) in [6.45, 7) is 9.29. The van der Waals surface area contributed by atoms with Crippen LogP contribution in [0.2, 0.25) is 0 Å².